The second-order valence-electron chi connectivity index (χ2n) is 9.12. The summed E-state index contributed by atoms with van der Waals surface area (Å²) in [5.74, 6) is 0.0692. The van der Waals surface area contributed by atoms with Crippen LogP contribution in [0.15, 0.2) is 42.7 Å². The Morgan fingerprint density at radius 1 is 1.03 bits per heavy atom. The zero-order valence-electron chi connectivity index (χ0n) is 20.0. The molecule has 1 amide bonds. The molecule has 4 rings (SSSR count). The lowest BCUT2D eigenvalue weighted by Crippen LogP contribution is -2.35. The number of allylic oxidation sites excluding steroid dienone is 1. The number of hydrogen-bond acceptors (Lipinski definition) is 5. The number of thiophene rings is 1. The van der Waals surface area contributed by atoms with Gasteiger partial charge in [-0.25, -0.2) is 0 Å². The van der Waals surface area contributed by atoms with Crippen molar-refractivity contribution in [2.45, 2.75) is 83.1 Å². The number of aliphatic hydroxyl groups excluding tert-OH is 1. The van der Waals surface area contributed by atoms with Crippen LogP contribution in [0.1, 0.15) is 76.5 Å². The van der Waals surface area contributed by atoms with Gasteiger partial charge in [0.2, 0.25) is 0 Å². The third kappa shape index (κ3) is 5.41. The van der Waals surface area contributed by atoms with Gasteiger partial charge in [0, 0.05) is 28.2 Å². The molecule has 0 aromatic carbocycles. The molecule has 1 aromatic rings. The van der Waals surface area contributed by atoms with E-state index in [4.69, 9.17) is 0 Å². The van der Waals surface area contributed by atoms with Crippen molar-refractivity contribution in [1.82, 2.24) is 9.80 Å². The summed E-state index contributed by atoms with van der Waals surface area (Å²) in [6.45, 7) is 5.90. The molecule has 3 aliphatic rings. The summed E-state index contributed by atoms with van der Waals surface area (Å²) in [6, 6.07) is 4.11. The zero-order chi connectivity index (χ0) is 24.2. The molecule has 0 spiro atoms. The molecule has 2 unspecified atom stereocenters. The highest BCUT2D eigenvalue weighted by atomic mass is 79.9. The maximum Gasteiger partial charge on any atom is 0.260 e. The predicted octanol–water partition coefficient (Wildman–Crippen LogP) is 7.85. The van der Waals surface area contributed by atoms with Crippen molar-refractivity contribution in [2.75, 3.05) is 13.1 Å². The van der Waals surface area contributed by atoms with Crippen molar-refractivity contribution in [1.29, 1.82) is 0 Å². The van der Waals surface area contributed by atoms with Crippen LogP contribution in [0.25, 0.3) is 5.70 Å². The monoisotopic (exact) mass is 628 g/mol. The van der Waals surface area contributed by atoms with Crippen LogP contribution in [0.2, 0.25) is 0 Å². The SMILES string of the molecule is CCCCCCN1C(=O)C2=C(c3ccc(Br)s3)N(CCCCCC)C(O)C2=C1C1CC=C(Br)S1. The molecule has 3 aliphatic heterocycles. The van der Waals surface area contributed by atoms with Crippen molar-refractivity contribution >= 4 is 66.6 Å². The quantitative estimate of drug-likeness (QED) is 0.239. The maximum absolute atomic E-state index is 14.0. The Hall–Kier alpha value is -0.540. The van der Waals surface area contributed by atoms with Crippen molar-refractivity contribution in [3.05, 3.63) is 47.5 Å². The van der Waals surface area contributed by atoms with Gasteiger partial charge in [-0.1, -0.05) is 58.4 Å². The second-order valence-corrected chi connectivity index (χ2v) is 14.2. The van der Waals surface area contributed by atoms with Gasteiger partial charge in [-0.2, -0.15) is 0 Å². The van der Waals surface area contributed by atoms with Crippen LogP contribution in [0.4, 0.5) is 0 Å². The van der Waals surface area contributed by atoms with Gasteiger partial charge in [-0.3, -0.25) is 4.79 Å². The summed E-state index contributed by atoms with van der Waals surface area (Å²) < 4.78 is 2.16. The van der Waals surface area contributed by atoms with Gasteiger partial charge in [0.25, 0.3) is 5.91 Å². The molecule has 1 aromatic heterocycles. The molecule has 34 heavy (non-hydrogen) atoms. The van der Waals surface area contributed by atoms with Gasteiger partial charge in [0.15, 0.2) is 6.23 Å². The average Bonchev–Trinajstić information content (AvgIpc) is 3.56. The molecule has 0 bridgehead atoms. The fourth-order valence-electron chi connectivity index (χ4n) is 5.06. The van der Waals surface area contributed by atoms with Crippen LogP contribution < -0.4 is 0 Å². The van der Waals surface area contributed by atoms with Gasteiger partial charge < -0.3 is 14.9 Å². The average molecular weight is 631 g/mol. The van der Waals surface area contributed by atoms with Crippen molar-refractivity contribution in [2.24, 2.45) is 0 Å². The number of hydrogen-bond donors (Lipinski definition) is 1. The van der Waals surface area contributed by atoms with Crippen molar-refractivity contribution in [3.8, 4) is 0 Å². The standard InChI is InChI=1S/C26H34Br2N2O2S2/c1-3-5-7-9-15-29-23(17-11-13-19(27)33-17)21-22(25(29)31)24(18-12-14-20(28)34-18)30(26(21)32)16-10-8-6-4-2/h11,13-14,18,25,31H,3-10,12,15-16H2,1-2H3. The topological polar surface area (TPSA) is 43.8 Å². The lowest BCUT2D eigenvalue weighted by Gasteiger charge is -2.30. The summed E-state index contributed by atoms with van der Waals surface area (Å²) in [5.41, 5.74) is 3.53. The summed E-state index contributed by atoms with van der Waals surface area (Å²) >= 11 is 10.6. The zero-order valence-corrected chi connectivity index (χ0v) is 24.8. The number of amides is 1. The molecule has 8 heteroatoms. The fourth-order valence-corrected chi connectivity index (χ4v) is 8.40. The fraction of sp³-hybridized carbons (Fsp3) is 0.577. The molecule has 4 heterocycles. The van der Waals surface area contributed by atoms with Crippen LogP contribution in [-0.2, 0) is 4.79 Å². The molecule has 0 saturated carbocycles. The Balaban J connectivity index is 1.74. The highest BCUT2D eigenvalue weighted by Crippen LogP contribution is 2.52. The van der Waals surface area contributed by atoms with Crippen molar-refractivity contribution < 1.29 is 9.90 Å². The molecule has 0 radical (unpaired) electrons. The highest BCUT2D eigenvalue weighted by Gasteiger charge is 2.50. The van der Waals surface area contributed by atoms with Gasteiger partial charge in [0.1, 0.15) is 0 Å². The first kappa shape index (κ1) is 26.5. The number of unbranched alkanes of at least 4 members (excludes halogenated alkanes) is 6. The number of rotatable bonds is 12. The van der Waals surface area contributed by atoms with Gasteiger partial charge in [0.05, 0.1) is 25.2 Å². The van der Waals surface area contributed by atoms with E-state index in [1.807, 2.05) is 11.0 Å². The largest absolute Gasteiger partial charge is 0.369 e. The number of thioether (sulfide) groups is 1. The molecule has 186 valence electrons. The van der Waals surface area contributed by atoms with E-state index in [0.29, 0.717) is 0 Å². The number of nitrogens with zero attached hydrogens (tertiary/aromatic N) is 2. The summed E-state index contributed by atoms with van der Waals surface area (Å²) in [6.07, 6.45) is 11.3. The summed E-state index contributed by atoms with van der Waals surface area (Å²) in [5, 5.41) is 11.9. The van der Waals surface area contributed by atoms with Gasteiger partial charge in [-0.15, -0.1) is 23.1 Å². The summed E-state index contributed by atoms with van der Waals surface area (Å²) in [4.78, 5) is 19.1. The Bertz CT molecular complexity index is 1000. The van der Waals surface area contributed by atoms with Gasteiger partial charge in [-0.05, 0) is 63.3 Å². The van der Waals surface area contributed by atoms with E-state index in [2.05, 4.69) is 62.7 Å². The van der Waals surface area contributed by atoms with Crippen molar-refractivity contribution in [3.63, 3.8) is 0 Å². The Labute approximate surface area is 228 Å². The van der Waals surface area contributed by atoms with E-state index in [9.17, 15) is 9.90 Å². The first-order valence-corrected chi connectivity index (χ1v) is 15.8. The van der Waals surface area contributed by atoms with E-state index in [-0.39, 0.29) is 11.2 Å². The normalized spacial score (nSPS) is 22.5. The highest BCUT2D eigenvalue weighted by molar-refractivity contribution is 9.14. The number of fused-ring (bicyclic) bond motifs is 1. The molecule has 0 fully saturated rings. The van der Waals surface area contributed by atoms with Crippen LogP contribution >= 0.6 is 55.0 Å². The first-order chi connectivity index (χ1) is 16.5. The Morgan fingerprint density at radius 3 is 2.32 bits per heavy atom. The van der Waals surface area contributed by atoms with Gasteiger partial charge >= 0.3 is 0 Å². The minimum atomic E-state index is -0.771. The van der Waals surface area contributed by atoms with E-state index in [1.54, 1.807) is 23.1 Å². The maximum atomic E-state index is 14.0. The Kier molecular flexibility index (Phi) is 9.46. The number of halogens is 2. The third-order valence-electron chi connectivity index (χ3n) is 6.72. The molecule has 2 atom stereocenters. The number of carbonyl (C=O) groups excluding carboxylic acids is 1. The van der Waals surface area contributed by atoms with E-state index in [1.165, 1.54) is 25.7 Å². The van der Waals surface area contributed by atoms with Crippen LogP contribution in [-0.4, -0.2) is 45.4 Å². The number of carbonyl (C=O) groups is 1. The molecule has 4 nitrogen and oxygen atoms in total. The smallest absolute Gasteiger partial charge is 0.260 e. The van der Waals surface area contributed by atoms with E-state index in [0.717, 1.165) is 80.2 Å². The van der Waals surface area contributed by atoms with Crippen LogP contribution in [0.5, 0.6) is 0 Å². The minimum absolute atomic E-state index is 0.0692. The van der Waals surface area contributed by atoms with Crippen LogP contribution in [0, 0.1) is 0 Å². The number of aliphatic hydroxyl groups is 1. The van der Waals surface area contributed by atoms with Crippen LogP contribution in [0.3, 0.4) is 0 Å². The molecular weight excluding hydrogens is 596 g/mol. The molecule has 0 aliphatic carbocycles. The minimum Gasteiger partial charge on any atom is -0.369 e. The second kappa shape index (κ2) is 12.1. The predicted molar refractivity (Wildman–Crippen MR) is 152 cm³/mol. The first-order valence-electron chi connectivity index (χ1n) is 12.5. The van der Waals surface area contributed by atoms with E-state index < -0.39 is 6.23 Å². The molecule has 1 N–H and O–H groups in total. The Morgan fingerprint density at radius 2 is 1.74 bits per heavy atom. The third-order valence-corrected chi connectivity index (χ3v) is 10.3. The lowest BCUT2D eigenvalue weighted by atomic mass is 10.0. The molecular formula is C26H34Br2N2O2S2. The summed E-state index contributed by atoms with van der Waals surface area (Å²) in [7, 11) is 0. The van der Waals surface area contributed by atoms with E-state index >= 15 is 0 Å². The lowest BCUT2D eigenvalue weighted by molar-refractivity contribution is -0.124. The molecule has 0 saturated heterocycles.